The first-order valence-corrected chi connectivity index (χ1v) is 9.77. The molecule has 10 heteroatoms. The molecule has 4 rings (SSSR count). The van der Waals surface area contributed by atoms with Crippen molar-refractivity contribution in [1.82, 2.24) is 10.2 Å². The fourth-order valence-corrected chi connectivity index (χ4v) is 3.77. The molecule has 32 heavy (non-hydrogen) atoms. The highest BCUT2D eigenvalue weighted by molar-refractivity contribution is 6.20. The lowest BCUT2D eigenvalue weighted by Crippen LogP contribution is -2.65. The van der Waals surface area contributed by atoms with Crippen LogP contribution in [0.1, 0.15) is 6.92 Å². The van der Waals surface area contributed by atoms with Crippen molar-refractivity contribution in [3.63, 3.8) is 0 Å². The van der Waals surface area contributed by atoms with Crippen LogP contribution in [0.4, 0.5) is 26.2 Å². The Morgan fingerprint density at radius 1 is 0.969 bits per heavy atom. The predicted octanol–water partition coefficient (Wildman–Crippen LogP) is 2.05. The van der Waals surface area contributed by atoms with Gasteiger partial charge >= 0.3 is 6.03 Å². The summed E-state index contributed by atoms with van der Waals surface area (Å²) in [6, 6.07) is 9.18. The second kappa shape index (κ2) is 8.14. The minimum Gasteiger partial charge on any atom is -0.366 e. The topological polar surface area (TPSA) is 111 Å². The molecule has 0 spiro atoms. The van der Waals surface area contributed by atoms with Crippen LogP contribution in [0.3, 0.4) is 0 Å². The number of benzene rings is 2. The van der Waals surface area contributed by atoms with E-state index in [1.54, 1.807) is 36.2 Å². The second-order valence-corrected chi connectivity index (χ2v) is 7.48. The molecule has 2 atom stereocenters. The Morgan fingerprint density at radius 2 is 1.56 bits per heavy atom. The highest BCUT2D eigenvalue weighted by atomic mass is 19.1. The molecule has 0 aromatic heterocycles. The molecular formula is C22H20FN5O4. The maximum Gasteiger partial charge on any atom is 0.329 e. The van der Waals surface area contributed by atoms with Crippen molar-refractivity contribution >= 4 is 40.8 Å². The van der Waals surface area contributed by atoms with E-state index < -0.39 is 35.7 Å². The van der Waals surface area contributed by atoms with Gasteiger partial charge in [-0.05, 0) is 48.5 Å². The number of amides is 5. The molecule has 9 nitrogen and oxygen atoms in total. The summed E-state index contributed by atoms with van der Waals surface area (Å²) in [5, 5.41) is 8.07. The van der Waals surface area contributed by atoms with Gasteiger partial charge in [0.2, 0.25) is 5.91 Å². The van der Waals surface area contributed by atoms with Gasteiger partial charge < -0.3 is 20.9 Å². The quantitative estimate of drug-likeness (QED) is 0.678. The van der Waals surface area contributed by atoms with Crippen LogP contribution >= 0.6 is 0 Å². The number of carbonyl (C=O) groups excluding carboxylic acids is 4. The van der Waals surface area contributed by atoms with Crippen molar-refractivity contribution in [3.05, 3.63) is 66.1 Å². The zero-order chi connectivity index (χ0) is 23.0. The Balaban J connectivity index is 1.50. The molecule has 1 fully saturated rings. The Hall–Kier alpha value is -4.21. The maximum atomic E-state index is 13.2. The third kappa shape index (κ3) is 3.89. The van der Waals surface area contributed by atoms with Gasteiger partial charge in [-0.2, -0.15) is 0 Å². The third-order valence-electron chi connectivity index (χ3n) is 5.20. The molecular weight excluding hydrogens is 417 g/mol. The average Bonchev–Trinajstić information content (AvgIpc) is 3.07. The number of hydrogen-bond acceptors (Lipinski definition) is 5. The van der Waals surface area contributed by atoms with E-state index in [4.69, 9.17) is 0 Å². The summed E-state index contributed by atoms with van der Waals surface area (Å²) in [5.41, 5.74) is 1.53. The number of halogens is 1. The lowest BCUT2D eigenvalue weighted by molar-refractivity contribution is -0.122. The molecule has 2 aliphatic heterocycles. The first-order valence-electron chi connectivity index (χ1n) is 9.77. The van der Waals surface area contributed by atoms with Gasteiger partial charge in [0.15, 0.2) is 0 Å². The van der Waals surface area contributed by atoms with Crippen LogP contribution in [-0.2, 0) is 14.4 Å². The van der Waals surface area contributed by atoms with Crippen molar-refractivity contribution < 1.29 is 23.6 Å². The van der Waals surface area contributed by atoms with Crippen LogP contribution in [0.25, 0.3) is 0 Å². The Labute approximate surface area is 182 Å². The Kier molecular flexibility index (Phi) is 5.35. The van der Waals surface area contributed by atoms with Crippen LogP contribution in [0, 0.1) is 5.82 Å². The van der Waals surface area contributed by atoms with Crippen molar-refractivity contribution in [1.29, 1.82) is 0 Å². The van der Waals surface area contributed by atoms with Crippen molar-refractivity contribution in [2.75, 3.05) is 22.6 Å². The number of carbonyl (C=O) groups is 4. The van der Waals surface area contributed by atoms with Gasteiger partial charge in [0.05, 0.1) is 17.3 Å². The molecule has 0 radical (unpaired) electrons. The molecule has 2 heterocycles. The maximum absolute atomic E-state index is 13.2. The molecule has 2 aliphatic rings. The van der Waals surface area contributed by atoms with Crippen molar-refractivity contribution in [2.45, 2.75) is 19.0 Å². The summed E-state index contributed by atoms with van der Waals surface area (Å²) < 4.78 is 13.2. The molecule has 2 unspecified atom stereocenters. The number of urea groups is 1. The Morgan fingerprint density at radius 3 is 2.16 bits per heavy atom. The van der Waals surface area contributed by atoms with Gasteiger partial charge in [-0.1, -0.05) is 0 Å². The van der Waals surface area contributed by atoms with Crippen LogP contribution in [0.2, 0.25) is 0 Å². The first kappa shape index (κ1) is 21.0. The molecule has 2 aromatic carbocycles. The molecule has 0 aliphatic carbocycles. The van der Waals surface area contributed by atoms with Crippen LogP contribution in [0.15, 0.2) is 60.3 Å². The zero-order valence-electron chi connectivity index (χ0n) is 17.3. The molecule has 2 aromatic rings. The minimum atomic E-state index is -0.838. The van der Waals surface area contributed by atoms with Gasteiger partial charge in [0.25, 0.3) is 11.8 Å². The number of nitrogens with one attached hydrogen (secondary N) is 3. The predicted molar refractivity (Wildman–Crippen MR) is 115 cm³/mol. The fraction of sp³-hybridized carbons (Fsp3) is 0.182. The second-order valence-electron chi connectivity index (χ2n) is 7.48. The van der Waals surface area contributed by atoms with E-state index in [1.165, 1.54) is 25.3 Å². The van der Waals surface area contributed by atoms with E-state index in [-0.39, 0.29) is 17.2 Å². The average molecular weight is 437 g/mol. The third-order valence-corrected chi connectivity index (χ3v) is 5.20. The van der Waals surface area contributed by atoms with E-state index in [1.807, 2.05) is 0 Å². The highest BCUT2D eigenvalue weighted by Crippen LogP contribution is 2.30. The number of hydrogen-bond donors (Lipinski definition) is 3. The fourth-order valence-electron chi connectivity index (χ4n) is 3.77. The number of fused-ring (bicyclic) bond motifs is 1. The summed E-state index contributed by atoms with van der Waals surface area (Å²) in [7, 11) is 1.64. The standard InChI is InChI=1S/C22H20FN5O4/c1-12(29)24-14-5-7-15(8-6-14)25-20(30)17-11-27(2)19-18(17)26-22(32)28(21(19)31)16-9-3-13(23)4-10-16/h3-11,18-19H,1-2H3,(H,24,29)(H,25,30)(H,26,32). The van der Waals surface area contributed by atoms with E-state index in [0.29, 0.717) is 11.4 Å². The number of nitrogens with zero attached hydrogens (tertiary/aromatic N) is 2. The van der Waals surface area contributed by atoms with Gasteiger partial charge in [-0.15, -0.1) is 0 Å². The number of likely N-dealkylation sites (N-methyl/N-ethyl adjacent to an activating group) is 1. The lowest BCUT2D eigenvalue weighted by atomic mass is 9.99. The number of rotatable bonds is 4. The van der Waals surface area contributed by atoms with E-state index >= 15 is 0 Å². The zero-order valence-corrected chi connectivity index (χ0v) is 17.3. The summed E-state index contributed by atoms with van der Waals surface area (Å²) in [4.78, 5) is 52.3. The van der Waals surface area contributed by atoms with Gasteiger partial charge in [-0.25, -0.2) is 14.1 Å². The Bertz CT molecular complexity index is 1130. The number of imide groups is 1. The van der Waals surface area contributed by atoms with E-state index in [2.05, 4.69) is 16.0 Å². The SMILES string of the molecule is CC(=O)Nc1ccc(NC(=O)C2=CN(C)C3C(=O)N(c4ccc(F)cc4)C(=O)NC23)cc1. The molecule has 0 saturated carbocycles. The first-order chi connectivity index (χ1) is 15.2. The minimum absolute atomic E-state index is 0.209. The van der Waals surface area contributed by atoms with E-state index in [9.17, 15) is 23.6 Å². The van der Waals surface area contributed by atoms with E-state index in [0.717, 1.165) is 17.0 Å². The van der Waals surface area contributed by atoms with Crippen molar-refractivity contribution in [2.24, 2.45) is 0 Å². The summed E-state index contributed by atoms with van der Waals surface area (Å²) >= 11 is 0. The van der Waals surface area contributed by atoms with Gasteiger partial charge in [-0.3, -0.25) is 14.4 Å². The molecule has 0 bridgehead atoms. The smallest absolute Gasteiger partial charge is 0.329 e. The lowest BCUT2D eigenvalue weighted by Gasteiger charge is -2.37. The van der Waals surface area contributed by atoms with Crippen molar-refractivity contribution in [3.8, 4) is 0 Å². The molecule has 3 N–H and O–H groups in total. The summed E-state index contributed by atoms with van der Waals surface area (Å²) in [6.45, 7) is 1.39. The van der Waals surface area contributed by atoms with Crippen LogP contribution in [-0.4, -0.2) is 47.8 Å². The molecule has 5 amide bonds. The van der Waals surface area contributed by atoms with Crippen LogP contribution in [0.5, 0.6) is 0 Å². The van der Waals surface area contributed by atoms with Gasteiger partial charge in [0.1, 0.15) is 11.9 Å². The largest absolute Gasteiger partial charge is 0.366 e. The highest BCUT2D eigenvalue weighted by Gasteiger charge is 2.49. The van der Waals surface area contributed by atoms with Crippen LogP contribution < -0.4 is 20.9 Å². The number of anilines is 3. The molecule has 164 valence electrons. The normalized spacial score (nSPS) is 19.8. The monoisotopic (exact) mass is 437 g/mol. The van der Waals surface area contributed by atoms with Gasteiger partial charge in [0, 0.05) is 31.5 Å². The summed E-state index contributed by atoms with van der Waals surface area (Å²) in [6.07, 6.45) is 1.52. The summed E-state index contributed by atoms with van der Waals surface area (Å²) in [5.74, 6) is -1.69. The molecule has 1 saturated heterocycles.